The number of rotatable bonds is 5. The highest BCUT2D eigenvalue weighted by molar-refractivity contribution is 9.10. The summed E-state index contributed by atoms with van der Waals surface area (Å²) in [6, 6.07) is 24.8. The Morgan fingerprint density at radius 2 is 1.72 bits per heavy atom. The van der Waals surface area contributed by atoms with Gasteiger partial charge in [-0.15, -0.1) is 10.2 Å². The molecule has 0 unspecified atom stereocenters. The molecule has 0 bridgehead atoms. The molecule has 0 radical (unpaired) electrons. The first-order valence-corrected chi connectivity index (χ1v) is 11.7. The minimum atomic E-state index is -0.402. The normalized spacial score (nSPS) is 17.3. The second-order valence-electron chi connectivity index (χ2n) is 7.27. The number of carbonyl (C=O) groups is 1. The van der Waals surface area contributed by atoms with Crippen LogP contribution in [-0.4, -0.2) is 33.0 Å². The van der Waals surface area contributed by atoms with Crippen molar-refractivity contribution >= 4 is 33.5 Å². The highest BCUT2D eigenvalue weighted by Gasteiger charge is 2.38. The van der Waals surface area contributed by atoms with E-state index in [4.69, 9.17) is 4.74 Å². The molecule has 0 spiro atoms. The zero-order valence-electron chi connectivity index (χ0n) is 17.1. The van der Waals surface area contributed by atoms with Crippen LogP contribution < -0.4 is 10.2 Å². The van der Waals surface area contributed by atoms with Gasteiger partial charge in [-0.05, 0) is 29.8 Å². The number of nitrogens with zero attached hydrogens (tertiary/aromatic N) is 3. The molecule has 32 heavy (non-hydrogen) atoms. The van der Waals surface area contributed by atoms with Gasteiger partial charge in [0.25, 0.3) is 0 Å². The topological polar surface area (TPSA) is 69.0 Å². The summed E-state index contributed by atoms with van der Waals surface area (Å²) < 4.78 is 8.36. The number of thioether (sulfide) groups is 1. The first kappa shape index (κ1) is 20.8. The van der Waals surface area contributed by atoms with Crippen molar-refractivity contribution in [1.82, 2.24) is 14.9 Å². The van der Waals surface area contributed by atoms with E-state index >= 15 is 0 Å². The minimum Gasteiger partial charge on any atom is -0.496 e. The number of benzene rings is 3. The van der Waals surface area contributed by atoms with Crippen LogP contribution in [-0.2, 0) is 0 Å². The number of halogens is 1. The molecule has 1 aliphatic rings. The fraction of sp³-hybridized carbons (Fsp3) is 0.125. The van der Waals surface area contributed by atoms with Gasteiger partial charge in [-0.2, -0.15) is 0 Å². The average Bonchev–Trinajstić information content (AvgIpc) is 3.26. The maximum absolute atomic E-state index is 13.5. The van der Waals surface area contributed by atoms with Gasteiger partial charge in [-0.3, -0.25) is 4.79 Å². The summed E-state index contributed by atoms with van der Waals surface area (Å²) in [5.41, 5.74) is 6.01. The number of fused-ring (bicyclic) bond motifs is 1. The lowest BCUT2D eigenvalue weighted by Crippen LogP contribution is -2.39. The van der Waals surface area contributed by atoms with Crippen molar-refractivity contribution in [3.05, 3.63) is 94.5 Å². The van der Waals surface area contributed by atoms with E-state index in [1.165, 1.54) is 11.8 Å². The Kier molecular flexibility index (Phi) is 5.71. The van der Waals surface area contributed by atoms with Crippen molar-refractivity contribution in [2.24, 2.45) is 0 Å². The zero-order chi connectivity index (χ0) is 22.1. The number of carbonyl (C=O) groups excluding carboxylic acids is 1. The summed E-state index contributed by atoms with van der Waals surface area (Å²) in [6.45, 7) is 0. The van der Waals surface area contributed by atoms with Gasteiger partial charge in [0, 0.05) is 10.0 Å². The number of para-hydroxylation sites is 1. The van der Waals surface area contributed by atoms with Crippen molar-refractivity contribution in [3.8, 4) is 17.1 Å². The average molecular weight is 507 g/mol. The molecule has 8 heteroatoms. The lowest BCUT2D eigenvalue weighted by atomic mass is 9.97. The molecule has 1 aromatic heterocycles. The van der Waals surface area contributed by atoms with Gasteiger partial charge in [0.15, 0.2) is 11.6 Å². The molecule has 6 nitrogen and oxygen atoms in total. The Morgan fingerprint density at radius 3 is 2.47 bits per heavy atom. The molecule has 0 saturated carbocycles. The standard InChI is InChI=1S/C24H19BrN4O2S/c1-31-19-10-6-5-9-18(19)23-26-27-24-29(23)28-20(15-11-13-17(25)14-12-15)22(32-24)21(30)16-7-3-2-4-8-16/h2-14,20,22,28H,1H3/t20-,22-/m0/s1. The Labute approximate surface area is 198 Å². The molecule has 1 N–H and O–H groups in total. The van der Waals surface area contributed by atoms with E-state index in [1.807, 2.05) is 83.5 Å². The largest absolute Gasteiger partial charge is 0.496 e. The highest BCUT2D eigenvalue weighted by Crippen LogP contribution is 2.41. The lowest BCUT2D eigenvalue weighted by molar-refractivity contribution is 0.0980. The maximum Gasteiger partial charge on any atom is 0.211 e. The Bertz CT molecular complexity index is 1260. The smallest absolute Gasteiger partial charge is 0.211 e. The van der Waals surface area contributed by atoms with Crippen molar-refractivity contribution < 1.29 is 9.53 Å². The van der Waals surface area contributed by atoms with Gasteiger partial charge in [0.1, 0.15) is 11.0 Å². The van der Waals surface area contributed by atoms with E-state index in [0.717, 1.165) is 15.6 Å². The van der Waals surface area contributed by atoms with E-state index < -0.39 is 5.25 Å². The molecule has 2 heterocycles. The van der Waals surface area contributed by atoms with Crippen LogP contribution in [0.25, 0.3) is 11.4 Å². The van der Waals surface area contributed by atoms with E-state index in [0.29, 0.717) is 22.3 Å². The Hall–Kier alpha value is -3.10. The molecule has 1 aliphatic heterocycles. The molecule has 3 aromatic carbocycles. The van der Waals surface area contributed by atoms with Crippen molar-refractivity contribution in [1.29, 1.82) is 0 Å². The third-order valence-corrected chi connectivity index (χ3v) is 7.07. The Morgan fingerprint density at radius 1 is 1.00 bits per heavy atom. The van der Waals surface area contributed by atoms with E-state index in [9.17, 15) is 4.79 Å². The fourth-order valence-electron chi connectivity index (χ4n) is 3.75. The van der Waals surface area contributed by atoms with Crippen LogP contribution in [0.4, 0.5) is 0 Å². The van der Waals surface area contributed by atoms with E-state index in [1.54, 1.807) is 7.11 Å². The summed E-state index contributed by atoms with van der Waals surface area (Å²) in [6.07, 6.45) is 0. The molecule has 2 atom stereocenters. The summed E-state index contributed by atoms with van der Waals surface area (Å²) in [5, 5.41) is 9.02. The molecular formula is C24H19BrN4O2S. The van der Waals surface area contributed by atoms with Crippen molar-refractivity contribution in [2.45, 2.75) is 16.4 Å². The highest BCUT2D eigenvalue weighted by atomic mass is 79.9. The van der Waals surface area contributed by atoms with Gasteiger partial charge in [-0.25, -0.2) is 4.68 Å². The minimum absolute atomic E-state index is 0.0455. The van der Waals surface area contributed by atoms with Crippen LogP contribution in [0.1, 0.15) is 22.0 Å². The lowest BCUT2D eigenvalue weighted by Gasteiger charge is -2.33. The quantitative estimate of drug-likeness (QED) is 0.367. The van der Waals surface area contributed by atoms with Gasteiger partial charge >= 0.3 is 0 Å². The molecule has 160 valence electrons. The number of hydrogen-bond acceptors (Lipinski definition) is 6. The summed E-state index contributed by atoms with van der Waals surface area (Å²) >= 11 is 4.92. The van der Waals surface area contributed by atoms with E-state index in [2.05, 4.69) is 31.6 Å². The molecule has 0 aliphatic carbocycles. The number of nitrogens with one attached hydrogen (secondary N) is 1. The van der Waals surface area contributed by atoms with Crippen molar-refractivity contribution in [3.63, 3.8) is 0 Å². The van der Waals surface area contributed by atoms with Gasteiger partial charge < -0.3 is 10.2 Å². The van der Waals surface area contributed by atoms with Crippen LogP contribution in [0.2, 0.25) is 0 Å². The first-order chi connectivity index (χ1) is 15.7. The second-order valence-corrected chi connectivity index (χ2v) is 9.29. The fourth-order valence-corrected chi connectivity index (χ4v) is 5.17. The zero-order valence-corrected chi connectivity index (χ0v) is 19.5. The van der Waals surface area contributed by atoms with Crippen LogP contribution >= 0.6 is 27.7 Å². The monoisotopic (exact) mass is 506 g/mol. The third-order valence-electron chi connectivity index (χ3n) is 5.33. The summed E-state index contributed by atoms with van der Waals surface area (Å²) in [7, 11) is 1.63. The van der Waals surface area contributed by atoms with Crippen LogP contribution in [0.3, 0.4) is 0 Å². The molecule has 0 amide bonds. The SMILES string of the molecule is COc1ccccc1-c1nnc2n1N[C@@H](c1ccc(Br)cc1)[C@@H](C(=O)c1ccccc1)S2. The second kappa shape index (κ2) is 8.80. The van der Waals surface area contributed by atoms with Crippen LogP contribution in [0.5, 0.6) is 5.75 Å². The molecule has 0 saturated heterocycles. The summed E-state index contributed by atoms with van der Waals surface area (Å²) in [4.78, 5) is 13.5. The third kappa shape index (κ3) is 3.80. The number of hydrogen-bond donors (Lipinski definition) is 1. The Balaban J connectivity index is 1.59. The molecule has 4 aromatic rings. The molecular weight excluding hydrogens is 488 g/mol. The summed E-state index contributed by atoms with van der Waals surface area (Å²) in [5.74, 6) is 1.39. The van der Waals surface area contributed by atoms with Gasteiger partial charge in [-0.1, -0.05) is 82.3 Å². The van der Waals surface area contributed by atoms with Gasteiger partial charge in [0.2, 0.25) is 5.16 Å². The first-order valence-electron chi connectivity index (χ1n) is 10.0. The number of aromatic nitrogens is 3. The number of ketones is 1. The molecule has 0 fully saturated rings. The number of methoxy groups -OCH3 is 1. The van der Waals surface area contributed by atoms with Crippen LogP contribution in [0, 0.1) is 0 Å². The molecule has 5 rings (SSSR count). The van der Waals surface area contributed by atoms with Gasteiger partial charge in [0.05, 0.1) is 18.7 Å². The predicted octanol–water partition coefficient (Wildman–Crippen LogP) is 5.36. The van der Waals surface area contributed by atoms with Crippen molar-refractivity contribution in [2.75, 3.05) is 12.5 Å². The number of Topliss-reactive ketones (excluding diaryl/α,β-unsaturated/α-hetero) is 1. The van der Waals surface area contributed by atoms with E-state index in [-0.39, 0.29) is 11.8 Å². The number of ether oxygens (including phenoxy) is 1. The maximum atomic E-state index is 13.5. The predicted molar refractivity (Wildman–Crippen MR) is 129 cm³/mol. The van der Waals surface area contributed by atoms with Crippen LogP contribution in [0.15, 0.2) is 88.5 Å².